The molecule has 2 N–H and O–H groups in total. The topological polar surface area (TPSA) is 26.0 Å². The molecule has 0 amide bonds. The van der Waals surface area contributed by atoms with E-state index in [9.17, 15) is 8.78 Å². The Morgan fingerprint density at radius 2 is 1.73 bits per heavy atom. The second-order valence-electron chi connectivity index (χ2n) is 4.84. The number of hydrogen-bond donors (Lipinski definition) is 1. The fourth-order valence-electron chi connectivity index (χ4n) is 2.60. The molecule has 82 valence electrons. The summed E-state index contributed by atoms with van der Waals surface area (Å²) in [4.78, 5) is 0. The Kier molecular flexibility index (Phi) is 2.30. The van der Waals surface area contributed by atoms with Crippen molar-refractivity contribution in [1.82, 2.24) is 0 Å². The number of rotatable bonds is 2. The first-order chi connectivity index (χ1) is 6.96. The zero-order valence-electron chi connectivity index (χ0n) is 8.93. The first kappa shape index (κ1) is 10.6. The molecule has 1 fully saturated rings. The molecule has 15 heavy (non-hydrogen) atoms. The highest BCUT2D eigenvalue weighted by Gasteiger charge is 2.57. The van der Waals surface area contributed by atoms with Gasteiger partial charge in [-0.25, -0.2) is 8.78 Å². The van der Waals surface area contributed by atoms with E-state index < -0.39 is 11.6 Å². The molecule has 0 radical (unpaired) electrons. The van der Waals surface area contributed by atoms with Gasteiger partial charge in [0.05, 0.1) is 0 Å². The van der Waals surface area contributed by atoms with Crippen LogP contribution >= 0.6 is 0 Å². The summed E-state index contributed by atoms with van der Waals surface area (Å²) in [5.41, 5.74) is 6.42. The molecule has 1 aliphatic rings. The van der Waals surface area contributed by atoms with Crippen molar-refractivity contribution in [2.45, 2.75) is 19.8 Å². The van der Waals surface area contributed by atoms with Crippen molar-refractivity contribution >= 4 is 0 Å². The van der Waals surface area contributed by atoms with Gasteiger partial charge in [0.15, 0.2) is 0 Å². The van der Waals surface area contributed by atoms with Gasteiger partial charge in [0.25, 0.3) is 0 Å². The molecule has 2 atom stereocenters. The Morgan fingerprint density at radius 3 is 2.13 bits per heavy atom. The van der Waals surface area contributed by atoms with E-state index in [0.29, 0.717) is 12.5 Å². The summed E-state index contributed by atoms with van der Waals surface area (Å²) in [7, 11) is 0. The Bertz CT molecular complexity index is 367. The fourth-order valence-corrected chi connectivity index (χ4v) is 2.60. The predicted octanol–water partition coefficient (Wildman–Crippen LogP) is 2.66. The van der Waals surface area contributed by atoms with Crippen LogP contribution in [-0.2, 0) is 0 Å². The third kappa shape index (κ3) is 1.65. The van der Waals surface area contributed by atoms with Gasteiger partial charge >= 0.3 is 0 Å². The lowest BCUT2D eigenvalue weighted by atomic mass is 10.0. The molecule has 1 aromatic rings. The third-order valence-electron chi connectivity index (χ3n) is 3.55. The van der Waals surface area contributed by atoms with Crippen molar-refractivity contribution in [3.8, 4) is 0 Å². The number of benzene rings is 1. The van der Waals surface area contributed by atoms with E-state index >= 15 is 0 Å². The Morgan fingerprint density at radius 1 is 1.20 bits per heavy atom. The van der Waals surface area contributed by atoms with E-state index in [4.69, 9.17) is 5.73 Å². The van der Waals surface area contributed by atoms with Crippen LogP contribution in [0.25, 0.3) is 0 Å². The normalized spacial score (nSPS) is 27.8. The van der Waals surface area contributed by atoms with Crippen LogP contribution in [0.5, 0.6) is 0 Å². The number of nitrogens with two attached hydrogens (primary N) is 1. The van der Waals surface area contributed by atoms with E-state index in [1.54, 1.807) is 0 Å². The summed E-state index contributed by atoms with van der Waals surface area (Å²) >= 11 is 0. The van der Waals surface area contributed by atoms with Crippen molar-refractivity contribution in [2.24, 2.45) is 17.1 Å². The Hall–Kier alpha value is -0.960. The van der Waals surface area contributed by atoms with Crippen LogP contribution in [0.15, 0.2) is 18.2 Å². The molecule has 0 saturated heterocycles. The number of halogens is 2. The lowest BCUT2D eigenvalue weighted by Gasteiger charge is -2.03. The molecule has 1 aromatic carbocycles. The second-order valence-corrected chi connectivity index (χ2v) is 4.84. The van der Waals surface area contributed by atoms with Crippen LogP contribution in [0.4, 0.5) is 8.78 Å². The maximum absolute atomic E-state index is 13.0. The highest BCUT2D eigenvalue weighted by molar-refractivity contribution is 5.32. The highest BCUT2D eigenvalue weighted by atomic mass is 19.1. The second kappa shape index (κ2) is 3.27. The van der Waals surface area contributed by atoms with Gasteiger partial charge in [-0.15, -0.1) is 0 Å². The van der Waals surface area contributed by atoms with Crippen LogP contribution in [0.1, 0.15) is 25.3 Å². The summed E-state index contributed by atoms with van der Waals surface area (Å²) < 4.78 is 26.1. The van der Waals surface area contributed by atoms with E-state index in [1.807, 2.05) is 0 Å². The van der Waals surface area contributed by atoms with Gasteiger partial charge in [-0.05, 0) is 41.5 Å². The lowest BCUT2D eigenvalue weighted by molar-refractivity contribution is 0.555. The molecule has 2 unspecified atom stereocenters. The molecule has 0 heterocycles. The van der Waals surface area contributed by atoms with Gasteiger partial charge in [-0.2, -0.15) is 0 Å². The standard InChI is InChI=1S/C12H15F2N/c1-12(2)10(6-15)11(12)7-3-8(13)5-9(14)4-7/h3-5,10-11H,6,15H2,1-2H3. The largest absolute Gasteiger partial charge is 0.330 e. The molecule has 3 heteroatoms. The molecule has 0 aliphatic heterocycles. The van der Waals surface area contributed by atoms with Gasteiger partial charge in [0.2, 0.25) is 0 Å². The lowest BCUT2D eigenvalue weighted by Crippen LogP contribution is -2.05. The maximum atomic E-state index is 13.0. The molecule has 0 bridgehead atoms. The zero-order chi connectivity index (χ0) is 11.2. The van der Waals surface area contributed by atoms with Gasteiger partial charge in [-0.3, -0.25) is 0 Å². The molecule has 2 rings (SSSR count). The van der Waals surface area contributed by atoms with E-state index in [2.05, 4.69) is 13.8 Å². The average Bonchev–Trinajstić information content (AvgIpc) is 2.66. The minimum atomic E-state index is -0.511. The molecular formula is C12H15F2N. The molecule has 0 spiro atoms. The average molecular weight is 211 g/mol. The summed E-state index contributed by atoms with van der Waals surface area (Å²) in [5, 5.41) is 0. The summed E-state index contributed by atoms with van der Waals surface area (Å²) in [6, 6.07) is 3.71. The first-order valence-corrected chi connectivity index (χ1v) is 5.13. The van der Waals surface area contributed by atoms with Gasteiger partial charge in [0, 0.05) is 6.07 Å². The Balaban J connectivity index is 2.32. The molecule has 1 aliphatic carbocycles. The Labute approximate surface area is 88.3 Å². The van der Waals surface area contributed by atoms with Crippen LogP contribution in [0.2, 0.25) is 0 Å². The summed E-state index contributed by atoms with van der Waals surface area (Å²) in [6.07, 6.45) is 0. The van der Waals surface area contributed by atoms with Crippen molar-refractivity contribution in [3.63, 3.8) is 0 Å². The first-order valence-electron chi connectivity index (χ1n) is 5.13. The van der Waals surface area contributed by atoms with Crippen LogP contribution in [0, 0.1) is 23.0 Å². The van der Waals surface area contributed by atoms with E-state index in [0.717, 1.165) is 11.6 Å². The SMILES string of the molecule is CC1(C)C(CN)C1c1cc(F)cc(F)c1. The highest BCUT2D eigenvalue weighted by Crippen LogP contribution is 2.63. The zero-order valence-corrected chi connectivity index (χ0v) is 8.93. The summed E-state index contributed by atoms with van der Waals surface area (Å²) in [5.74, 6) is -0.502. The molecule has 1 saturated carbocycles. The van der Waals surface area contributed by atoms with Crippen LogP contribution < -0.4 is 5.73 Å². The monoisotopic (exact) mass is 211 g/mol. The van der Waals surface area contributed by atoms with Gasteiger partial charge in [-0.1, -0.05) is 13.8 Å². The van der Waals surface area contributed by atoms with Gasteiger partial charge < -0.3 is 5.73 Å². The molecule has 0 aromatic heterocycles. The van der Waals surface area contributed by atoms with Gasteiger partial charge in [0.1, 0.15) is 11.6 Å². The predicted molar refractivity (Wildman–Crippen MR) is 55.4 cm³/mol. The number of hydrogen-bond acceptors (Lipinski definition) is 1. The third-order valence-corrected chi connectivity index (χ3v) is 3.55. The van der Waals surface area contributed by atoms with Crippen molar-refractivity contribution in [1.29, 1.82) is 0 Å². The van der Waals surface area contributed by atoms with Crippen LogP contribution in [-0.4, -0.2) is 6.54 Å². The van der Waals surface area contributed by atoms with Crippen molar-refractivity contribution in [3.05, 3.63) is 35.4 Å². The van der Waals surface area contributed by atoms with Crippen LogP contribution in [0.3, 0.4) is 0 Å². The van der Waals surface area contributed by atoms with E-state index in [-0.39, 0.29) is 11.3 Å². The minimum Gasteiger partial charge on any atom is -0.330 e. The van der Waals surface area contributed by atoms with Crippen molar-refractivity contribution < 1.29 is 8.78 Å². The minimum absolute atomic E-state index is 0.0645. The molecule has 1 nitrogen and oxygen atoms in total. The fraction of sp³-hybridized carbons (Fsp3) is 0.500. The summed E-state index contributed by atoms with van der Waals surface area (Å²) in [6.45, 7) is 4.73. The maximum Gasteiger partial charge on any atom is 0.126 e. The molecular weight excluding hydrogens is 196 g/mol. The van der Waals surface area contributed by atoms with E-state index in [1.165, 1.54) is 12.1 Å². The smallest absolute Gasteiger partial charge is 0.126 e. The quantitative estimate of drug-likeness (QED) is 0.799. The van der Waals surface area contributed by atoms with Crippen molar-refractivity contribution in [2.75, 3.05) is 6.54 Å².